The van der Waals surface area contributed by atoms with Gasteiger partial charge in [-0.15, -0.1) is 0 Å². The highest BCUT2D eigenvalue weighted by atomic mass is 79.9. The minimum atomic E-state index is -1.18. The van der Waals surface area contributed by atoms with Crippen LogP contribution in [-0.4, -0.2) is 23.1 Å². The molecule has 1 unspecified atom stereocenters. The number of benzene rings is 2. The lowest BCUT2D eigenvalue weighted by Gasteiger charge is -2.20. The van der Waals surface area contributed by atoms with Crippen LogP contribution in [0.5, 0.6) is 11.5 Å². The van der Waals surface area contributed by atoms with Crippen molar-refractivity contribution in [1.82, 2.24) is 0 Å². The predicted molar refractivity (Wildman–Crippen MR) is 102 cm³/mol. The quantitative estimate of drug-likeness (QED) is 0.554. The van der Waals surface area contributed by atoms with Crippen molar-refractivity contribution >= 4 is 27.9 Å². The van der Waals surface area contributed by atoms with Gasteiger partial charge in [0.05, 0.1) is 0 Å². The third-order valence-corrected chi connectivity index (χ3v) is 4.24. The molecule has 0 saturated carbocycles. The van der Waals surface area contributed by atoms with Crippen LogP contribution in [0.25, 0.3) is 0 Å². The predicted octanol–water partition coefficient (Wildman–Crippen LogP) is 4.82. The molecule has 138 valence electrons. The van der Waals surface area contributed by atoms with Gasteiger partial charge in [0.2, 0.25) is 0 Å². The Kier molecular flexibility index (Phi) is 6.08. The SMILES string of the molecule is CC(Oc1ccc(C(C)(C)C)cc1)C(=O)Oc1ccc(Br)cc1C(=O)O. The molecule has 0 saturated heterocycles. The number of carbonyl (C=O) groups excluding carboxylic acids is 1. The molecule has 0 bridgehead atoms. The molecule has 6 heteroatoms. The lowest BCUT2D eigenvalue weighted by atomic mass is 9.87. The van der Waals surface area contributed by atoms with Crippen LogP contribution in [0.1, 0.15) is 43.6 Å². The standard InChI is InChI=1S/C20H21BrO5/c1-12(25-15-8-5-13(6-9-15)20(2,3)4)19(24)26-17-10-7-14(21)11-16(17)18(22)23/h5-12H,1-4H3,(H,22,23). The van der Waals surface area contributed by atoms with Gasteiger partial charge in [0.15, 0.2) is 6.10 Å². The van der Waals surface area contributed by atoms with Crippen molar-refractivity contribution in [2.45, 2.75) is 39.2 Å². The van der Waals surface area contributed by atoms with E-state index in [1.54, 1.807) is 25.1 Å². The fourth-order valence-corrected chi connectivity index (χ4v) is 2.60. The van der Waals surface area contributed by atoms with E-state index in [-0.39, 0.29) is 16.7 Å². The van der Waals surface area contributed by atoms with Crippen LogP contribution >= 0.6 is 15.9 Å². The third-order valence-electron chi connectivity index (χ3n) is 3.75. The van der Waals surface area contributed by atoms with Gasteiger partial charge >= 0.3 is 11.9 Å². The summed E-state index contributed by atoms with van der Waals surface area (Å²) in [5.74, 6) is -1.34. The third kappa shape index (κ3) is 5.08. The molecule has 0 fully saturated rings. The van der Waals surface area contributed by atoms with Crippen LogP contribution in [0.4, 0.5) is 0 Å². The largest absolute Gasteiger partial charge is 0.479 e. The maximum absolute atomic E-state index is 12.3. The molecule has 0 aliphatic heterocycles. The molecule has 0 aliphatic rings. The summed E-state index contributed by atoms with van der Waals surface area (Å²) in [6.07, 6.45) is -0.888. The first-order chi connectivity index (χ1) is 12.1. The summed E-state index contributed by atoms with van der Waals surface area (Å²) in [4.78, 5) is 23.5. The number of esters is 1. The molecular weight excluding hydrogens is 400 g/mol. The molecular formula is C20H21BrO5. The van der Waals surface area contributed by atoms with E-state index in [1.807, 2.05) is 12.1 Å². The minimum absolute atomic E-state index is 0.0239. The maximum atomic E-state index is 12.3. The van der Waals surface area contributed by atoms with Crippen LogP contribution in [0, 0.1) is 0 Å². The summed E-state index contributed by atoms with van der Waals surface area (Å²) in [5, 5.41) is 9.23. The highest BCUT2D eigenvalue weighted by Crippen LogP contribution is 2.26. The van der Waals surface area contributed by atoms with Gasteiger partial charge in [-0.2, -0.15) is 0 Å². The van der Waals surface area contributed by atoms with Crippen LogP contribution in [0.15, 0.2) is 46.9 Å². The van der Waals surface area contributed by atoms with E-state index >= 15 is 0 Å². The van der Waals surface area contributed by atoms with Gasteiger partial charge in [-0.05, 0) is 48.2 Å². The van der Waals surface area contributed by atoms with E-state index in [0.717, 1.165) is 5.56 Å². The summed E-state index contributed by atoms with van der Waals surface area (Å²) in [7, 11) is 0. The molecule has 0 heterocycles. The fraction of sp³-hybridized carbons (Fsp3) is 0.300. The first-order valence-corrected chi connectivity index (χ1v) is 8.89. The van der Waals surface area contributed by atoms with Crippen molar-refractivity contribution in [1.29, 1.82) is 0 Å². The molecule has 2 rings (SSSR count). The molecule has 0 radical (unpaired) electrons. The Morgan fingerprint density at radius 3 is 2.23 bits per heavy atom. The summed E-state index contributed by atoms with van der Waals surface area (Å²) in [6, 6.07) is 11.9. The van der Waals surface area contributed by atoms with Crippen LogP contribution in [-0.2, 0) is 10.2 Å². The van der Waals surface area contributed by atoms with Crippen molar-refractivity contribution in [3.63, 3.8) is 0 Å². The molecule has 1 N–H and O–H groups in total. The van der Waals surface area contributed by atoms with Crippen LogP contribution in [0.2, 0.25) is 0 Å². The molecule has 2 aromatic rings. The van der Waals surface area contributed by atoms with Crippen molar-refractivity contribution in [3.8, 4) is 11.5 Å². The Bertz CT molecular complexity index is 806. The van der Waals surface area contributed by atoms with Crippen molar-refractivity contribution in [2.24, 2.45) is 0 Å². The average Bonchev–Trinajstić information content (AvgIpc) is 2.55. The fourth-order valence-electron chi connectivity index (χ4n) is 2.24. The zero-order chi connectivity index (χ0) is 19.5. The van der Waals surface area contributed by atoms with Crippen LogP contribution < -0.4 is 9.47 Å². The van der Waals surface area contributed by atoms with Gasteiger partial charge in [0.1, 0.15) is 17.1 Å². The monoisotopic (exact) mass is 420 g/mol. The number of hydrogen-bond donors (Lipinski definition) is 1. The number of ether oxygens (including phenoxy) is 2. The zero-order valence-electron chi connectivity index (χ0n) is 15.1. The minimum Gasteiger partial charge on any atom is -0.479 e. The lowest BCUT2D eigenvalue weighted by molar-refractivity contribution is -0.141. The Balaban J connectivity index is 2.08. The van der Waals surface area contributed by atoms with Gasteiger partial charge in [-0.3, -0.25) is 0 Å². The van der Waals surface area contributed by atoms with Gasteiger partial charge in [-0.1, -0.05) is 48.8 Å². The second-order valence-corrected chi connectivity index (χ2v) is 7.82. The summed E-state index contributed by atoms with van der Waals surface area (Å²) >= 11 is 3.20. The number of carboxylic acids is 1. The Morgan fingerprint density at radius 2 is 1.69 bits per heavy atom. The first-order valence-electron chi connectivity index (χ1n) is 8.09. The average molecular weight is 421 g/mol. The number of carbonyl (C=O) groups is 2. The first kappa shape index (κ1) is 20.0. The molecule has 2 aromatic carbocycles. The number of hydrogen-bond acceptors (Lipinski definition) is 4. The van der Waals surface area contributed by atoms with E-state index in [9.17, 15) is 14.7 Å². The number of carboxylic acid groups (broad SMARTS) is 1. The smallest absolute Gasteiger partial charge is 0.352 e. The van der Waals surface area contributed by atoms with E-state index in [0.29, 0.717) is 10.2 Å². The van der Waals surface area contributed by atoms with E-state index in [1.165, 1.54) is 12.1 Å². The number of aromatic carboxylic acids is 1. The summed E-state index contributed by atoms with van der Waals surface area (Å²) in [6.45, 7) is 7.89. The zero-order valence-corrected chi connectivity index (χ0v) is 16.7. The second kappa shape index (κ2) is 7.91. The molecule has 5 nitrogen and oxygen atoms in total. The van der Waals surface area contributed by atoms with Crippen molar-refractivity contribution in [3.05, 3.63) is 58.1 Å². The van der Waals surface area contributed by atoms with E-state index in [4.69, 9.17) is 9.47 Å². The molecule has 1 atom stereocenters. The highest BCUT2D eigenvalue weighted by molar-refractivity contribution is 9.10. The van der Waals surface area contributed by atoms with E-state index < -0.39 is 18.0 Å². The van der Waals surface area contributed by atoms with Gasteiger partial charge < -0.3 is 14.6 Å². The number of rotatable bonds is 5. The normalized spacial score (nSPS) is 12.3. The second-order valence-electron chi connectivity index (χ2n) is 6.90. The molecule has 0 aliphatic carbocycles. The highest BCUT2D eigenvalue weighted by Gasteiger charge is 2.21. The van der Waals surface area contributed by atoms with Gasteiger partial charge in [0, 0.05) is 4.47 Å². The molecule has 26 heavy (non-hydrogen) atoms. The Hall–Kier alpha value is -2.34. The number of halogens is 1. The van der Waals surface area contributed by atoms with E-state index in [2.05, 4.69) is 36.7 Å². The van der Waals surface area contributed by atoms with Gasteiger partial charge in [-0.25, -0.2) is 9.59 Å². The Labute approximate surface area is 161 Å². The Morgan fingerprint density at radius 1 is 1.08 bits per heavy atom. The molecule has 0 aromatic heterocycles. The van der Waals surface area contributed by atoms with Crippen molar-refractivity contribution in [2.75, 3.05) is 0 Å². The maximum Gasteiger partial charge on any atom is 0.352 e. The molecule has 0 spiro atoms. The van der Waals surface area contributed by atoms with Crippen molar-refractivity contribution < 1.29 is 24.2 Å². The lowest BCUT2D eigenvalue weighted by Crippen LogP contribution is -2.29. The van der Waals surface area contributed by atoms with Crippen LogP contribution in [0.3, 0.4) is 0 Å². The topological polar surface area (TPSA) is 72.8 Å². The molecule has 0 amide bonds. The summed E-state index contributed by atoms with van der Waals surface area (Å²) in [5.41, 5.74) is 1.08. The summed E-state index contributed by atoms with van der Waals surface area (Å²) < 4.78 is 11.4. The van der Waals surface area contributed by atoms with Gasteiger partial charge in [0.25, 0.3) is 0 Å².